The SMILES string of the molecule is O=C(Nc1ccccc1)Nc1cc(-c2ccnc(NC3CCCCC3)c2)nc(N2CCN(C(=O)O)CC2)c1. The number of carbonyl (C=O) groups is 2. The molecular formula is C28H33N7O3. The van der Waals surface area contributed by atoms with E-state index in [9.17, 15) is 14.7 Å². The van der Waals surface area contributed by atoms with E-state index in [1.54, 1.807) is 6.20 Å². The third kappa shape index (κ3) is 6.50. The number of aromatic nitrogens is 2. The number of hydrogen-bond donors (Lipinski definition) is 4. The fourth-order valence-electron chi connectivity index (χ4n) is 4.96. The van der Waals surface area contributed by atoms with Gasteiger partial charge in [0, 0.05) is 61.4 Å². The molecule has 1 aromatic carbocycles. The van der Waals surface area contributed by atoms with E-state index in [2.05, 4.69) is 20.9 Å². The molecule has 2 aromatic heterocycles. The summed E-state index contributed by atoms with van der Waals surface area (Å²) in [4.78, 5) is 37.0. The first-order chi connectivity index (χ1) is 18.5. The van der Waals surface area contributed by atoms with E-state index in [1.165, 1.54) is 24.2 Å². The number of rotatable bonds is 6. The normalized spacial score (nSPS) is 16.1. The molecule has 4 N–H and O–H groups in total. The number of carbonyl (C=O) groups excluding carboxylic acids is 1. The van der Waals surface area contributed by atoms with Gasteiger partial charge in [-0.1, -0.05) is 37.5 Å². The summed E-state index contributed by atoms with van der Waals surface area (Å²) in [6.07, 6.45) is 6.90. The molecule has 10 heteroatoms. The zero-order valence-corrected chi connectivity index (χ0v) is 21.3. The lowest BCUT2D eigenvalue weighted by Crippen LogP contribution is -2.48. The van der Waals surface area contributed by atoms with E-state index in [-0.39, 0.29) is 6.03 Å². The van der Waals surface area contributed by atoms with Crippen LogP contribution in [0.3, 0.4) is 0 Å². The fourth-order valence-corrected chi connectivity index (χ4v) is 4.96. The maximum atomic E-state index is 12.8. The van der Waals surface area contributed by atoms with Gasteiger partial charge in [0.05, 0.1) is 5.69 Å². The molecule has 10 nitrogen and oxygen atoms in total. The maximum absolute atomic E-state index is 12.8. The van der Waals surface area contributed by atoms with Crippen molar-refractivity contribution in [1.82, 2.24) is 14.9 Å². The Morgan fingerprint density at radius 2 is 1.61 bits per heavy atom. The van der Waals surface area contributed by atoms with E-state index < -0.39 is 6.09 Å². The van der Waals surface area contributed by atoms with E-state index in [1.807, 2.05) is 59.5 Å². The van der Waals surface area contributed by atoms with Crippen LogP contribution in [0.15, 0.2) is 60.8 Å². The van der Waals surface area contributed by atoms with E-state index in [0.717, 1.165) is 24.2 Å². The van der Waals surface area contributed by atoms with Gasteiger partial charge in [0.1, 0.15) is 11.6 Å². The largest absolute Gasteiger partial charge is 0.465 e. The second-order valence-corrected chi connectivity index (χ2v) is 9.71. The van der Waals surface area contributed by atoms with Crippen LogP contribution < -0.4 is 20.9 Å². The third-order valence-corrected chi connectivity index (χ3v) is 6.99. The number of pyridine rings is 2. The Hall–Kier alpha value is -4.34. The summed E-state index contributed by atoms with van der Waals surface area (Å²) in [6, 6.07) is 16.9. The number of anilines is 4. The molecule has 3 amide bonds. The van der Waals surface area contributed by atoms with Crippen LogP contribution in [0.4, 0.5) is 32.6 Å². The standard InChI is InChI=1S/C28H33N7O3/c36-27(31-22-9-5-2-6-10-22)32-23-18-24(33-26(19-23)34-13-15-35(16-14-34)28(37)38)20-11-12-29-25(17-20)30-21-7-3-1-4-8-21/h2,5-6,9-12,17-19,21H,1,3-4,7-8,13-16H2,(H,29,30)(H,37,38)(H2,31,32,33,36). The van der Waals surface area contributed by atoms with Crippen LogP contribution in [0.2, 0.25) is 0 Å². The van der Waals surface area contributed by atoms with Crippen molar-refractivity contribution >= 4 is 35.1 Å². The molecule has 2 aliphatic rings. The van der Waals surface area contributed by atoms with Crippen molar-refractivity contribution in [3.63, 3.8) is 0 Å². The molecule has 1 saturated heterocycles. The minimum absolute atomic E-state index is 0.357. The highest BCUT2D eigenvalue weighted by molar-refractivity contribution is 6.00. The first-order valence-electron chi connectivity index (χ1n) is 13.1. The average Bonchev–Trinajstić information content (AvgIpc) is 2.94. The Labute approximate surface area is 222 Å². The van der Waals surface area contributed by atoms with Gasteiger partial charge in [0.2, 0.25) is 0 Å². The molecule has 0 unspecified atom stereocenters. The number of para-hydroxylation sites is 1. The zero-order chi connectivity index (χ0) is 26.3. The van der Waals surface area contributed by atoms with E-state index in [0.29, 0.717) is 55.1 Å². The number of piperazine rings is 1. The molecule has 198 valence electrons. The molecule has 38 heavy (non-hydrogen) atoms. The van der Waals surface area contributed by atoms with Gasteiger partial charge in [0.25, 0.3) is 0 Å². The number of nitrogens with one attached hydrogen (secondary N) is 3. The molecule has 5 rings (SSSR count). The van der Waals surface area contributed by atoms with Crippen LogP contribution in [-0.4, -0.2) is 64.3 Å². The van der Waals surface area contributed by atoms with Crippen LogP contribution >= 0.6 is 0 Å². The van der Waals surface area contributed by atoms with Gasteiger partial charge in [-0.25, -0.2) is 19.6 Å². The molecule has 0 spiro atoms. The van der Waals surface area contributed by atoms with Crippen molar-refractivity contribution in [1.29, 1.82) is 0 Å². The van der Waals surface area contributed by atoms with Crippen LogP contribution in [0, 0.1) is 0 Å². The minimum atomic E-state index is -0.916. The molecule has 1 aliphatic carbocycles. The number of amides is 3. The molecule has 3 heterocycles. The predicted octanol–water partition coefficient (Wildman–Crippen LogP) is 5.33. The maximum Gasteiger partial charge on any atom is 0.407 e. The second-order valence-electron chi connectivity index (χ2n) is 9.71. The molecule has 0 radical (unpaired) electrons. The second kappa shape index (κ2) is 11.8. The zero-order valence-electron chi connectivity index (χ0n) is 21.3. The monoisotopic (exact) mass is 515 g/mol. The number of hydrogen-bond acceptors (Lipinski definition) is 6. The Morgan fingerprint density at radius 3 is 2.34 bits per heavy atom. The number of carboxylic acid groups (broad SMARTS) is 1. The van der Waals surface area contributed by atoms with Crippen LogP contribution in [-0.2, 0) is 0 Å². The van der Waals surface area contributed by atoms with Gasteiger partial charge in [0.15, 0.2) is 0 Å². The van der Waals surface area contributed by atoms with Crippen molar-refractivity contribution in [2.45, 2.75) is 38.1 Å². The summed E-state index contributed by atoms with van der Waals surface area (Å²) >= 11 is 0. The fraction of sp³-hybridized carbons (Fsp3) is 0.357. The van der Waals surface area contributed by atoms with Crippen LogP contribution in [0.5, 0.6) is 0 Å². The van der Waals surface area contributed by atoms with E-state index in [4.69, 9.17) is 4.98 Å². The molecule has 2 fully saturated rings. The van der Waals surface area contributed by atoms with Gasteiger partial charge in [-0.3, -0.25) is 0 Å². The lowest BCUT2D eigenvalue weighted by molar-refractivity contribution is 0.142. The number of benzene rings is 1. The predicted molar refractivity (Wildman–Crippen MR) is 149 cm³/mol. The summed E-state index contributed by atoms with van der Waals surface area (Å²) in [6.45, 7) is 1.82. The van der Waals surface area contributed by atoms with Crippen molar-refractivity contribution in [2.24, 2.45) is 0 Å². The third-order valence-electron chi connectivity index (χ3n) is 6.99. The van der Waals surface area contributed by atoms with Crippen molar-refractivity contribution in [3.05, 3.63) is 60.8 Å². The average molecular weight is 516 g/mol. The first kappa shape index (κ1) is 25.3. The first-order valence-corrected chi connectivity index (χ1v) is 13.1. The summed E-state index contributed by atoms with van der Waals surface area (Å²) in [5.41, 5.74) is 2.87. The Balaban J connectivity index is 1.40. The lowest BCUT2D eigenvalue weighted by Gasteiger charge is -2.34. The topological polar surface area (TPSA) is 123 Å². The van der Waals surface area contributed by atoms with Crippen molar-refractivity contribution < 1.29 is 14.7 Å². The van der Waals surface area contributed by atoms with Crippen molar-refractivity contribution in [3.8, 4) is 11.3 Å². The summed E-state index contributed by atoms with van der Waals surface area (Å²) in [7, 11) is 0. The highest BCUT2D eigenvalue weighted by atomic mass is 16.4. The molecule has 3 aromatic rings. The molecule has 0 bridgehead atoms. The van der Waals surface area contributed by atoms with Gasteiger partial charge in [-0.2, -0.15) is 0 Å². The summed E-state index contributed by atoms with van der Waals surface area (Å²) < 4.78 is 0. The van der Waals surface area contributed by atoms with Gasteiger partial charge in [-0.05, 0) is 43.2 Å². The van der Waals surface area contributed by atoms with Gasteiger partial charge < -0.3 is 30.9 Å². The molecule has 1 saturated carbocycles. The van der Waals surface area contributed by atoms with Gasteiger partial charge in [-0.15, -0.1) is 0 Å². The molecule has 1 aliphatic heterocycles. The Morgan fingerprint density at radius 1 is 0.868 bits per heavy atom. The molecular weight excluding hydrogens is 482 g/mol. The number of urea groups is 1. The highest BCUT2D eigenvalue weighted by Crippen LogP contribution is 2.29. The highest BCUT2D eigenvalue weighted by Gasteiger charge is 2.22. The molecule has 0 atom stereocenters. The lowest BCUT2D eigenvalue weighted by atomic mass is 9.95. The Bertz CT molecular complexity index is 1260. The van der Waals surface area contributed by atoms with Crippen LogP contribution in [0.1, 0.15) is 32.1 Å². The minimum Gasteiger partial charge on any atom is -0.465 e. The number of nitrogens with zero attached hydrogens (tertiary/aromatic N) is 4. The Kier molecular flexibility index (Phi) is 7.86. The summed E-state index contributed by atoms with van der Waals surface area (Å²) in [5.74, 6) is 1.49. The summed E-state index contributed by atoms with van der Waals surface area (Å²) in [5, 5.41) is 18.7. The van der Waals surface area contributed by atoms with Gasteiger partial charge >= 0.3 is 12.1 Å². The quantitative estimate of drug-likeness (QED) is 0.350. The van der Waals surface area contributed by atoms with E-state index >= 15 is 0 Å². The van der Waals surface area contributed by atoms with Crippen LogP contribution in [0.25, 0.3) is 11.3 Å². The smallest absolute Gasteiger partial charge is 0.407 e. The van der Waals surface area contributed by atoms with Crippen molar-refractivity contribution in [2.75, 3.05) is 47.0 Å².